The van der Waals surface area contributed by atoms with Crippen molar-refractivity contribution in [3.63, 3.8) is 0 Å². The number of hydrogen-bond donors (Lipinski definition) is 1. The third-order valence-electron chi connectivity index (χ3n) is 0.992. The minimum atomic E-state index is 0. The molecule has 49 valence electrons. The van der Waals surface area contributed by atoms with Gasteiger partial charge in [-0.25, -0.2) is 0 Å². The van der Waals surface area contributed by atoms with Crippen LogP contribution in [0.15, 0.2) is 18.2 Å². The van der Waals surface area contributed by atoms with Gasteiger partial charge in [-0.1, -0.05) is 12.6 Å². The Bertz CT molecular complexity index is 148. The molecule has 0 aliphatic carbocycles. The molecule has 1 rings (SSSR count). The van der Waals surface area contributed by atoms with Crippen LogP contribution in [-0.4, -0.2) is 0 Å². The molecule has 0 aliphatic heterocycles. The molecule has 0 saturated carbocycles. The van der Waals surface area contributed by atoms with E-state index < -0.39 is 0 Å². The van der Waals surface area contributed by atoms with Crippen LogP contribution in [0.2, 0.25) is 0 Å². The Morgan fingerprint density at radius 1 is 1.44 bits per heavy atom. The van der Waals surface area contributed by atoms with Crippen LogP contribution < -0.4 is 5.73 Å². The second-order valence-corrected chi connectivity index (χ2v) is 1.82. The van der Waals surface area contributed by atoms with Gasteiger partial charge in [0.25, 0.3) is 0 Å². The predicted octanol–water partition coefficient (Wildman–Crippen LogP) is 1.37. The molecule has 0 spiro atoms. The van der Waals surface area contributed by atoms with E-state index in [1.54, 1.807) is 0 Å². The van der Waals surface area contributed by atoms with Gasteiger partial charge in [0.15, 0.2) is 0 Å². The first-order valence-corrected chi connectivity index (χ1v) is 2.53. The first-order valence-electron chi connectivity index (χ1n) is 2.53. The molecule has 0 aromatic heterocycles. The van der Waals surface area contributed by atoms with Crippen molar-refractivity contribution in [3.05, 3.63) is 29.8 Å². The zero-order chi connectivity index (χ0) is 5.98. The summed E-state index contributed by atoms with van der Waals surface area (Å²) in [5, 5.41) is 0. The van der Waals surface area contributed by atoms with Crippen molar-refractivity contribution in [2.24, 2.45) is 0 Å². The van der Waals surface area contributed by atoms with E-state index in [0.717, 1.165) is 0 Å². The van der Waals surface area contributed by atoms with E-state index in [9.17, 15) is 0 Å². The van der Waals surface area contributed by atoms with Crippen molar-refractivity contribution >= 4 is 5.69 Å². The Balaban J connectivity index is 0.000000640. The molecule has 1 aromatic rings. The van der Waals surface area contributed by atoms with Gasteiger partial charge in [-0.15, -0.1) is 6.07 Å². The summed E-state index contributed by atoms with van der Waals surface area (Å²) in [5.41, 5.74) is 7.27. The molecular weight excluding hydrogens is 284 g/mol. The zero-order valence-electron chi connectivity index (χ0n) is 5.19. The largest absolute Gasteiger partial charge is 0.420 e. The number of nitrogen functional groups attached to an aromatic ring is 1. The minimum absolute atomic E-state index is 0. The number of anilines is 1. The van der Waals surface area contributed by atoms with Crippen LogP contribution >= 0.6 is 0 Å². The number of aryl methyl sites for hydroxylation is 1. The van der Waals surface area contributed by atoms with Crippen molar-refractivity contribution < 1.29 is 20.4 Å². The average molecular weight is 292 g/mol. The fraction of sp³-hybridized carbons (Fsp3) is 0.143. The van der Waals surface area contributed by atoms with Gasteiger partial charge in [0.1, 0.15) is 0 Å². The number of nitrogens with two attached hydrogens (primary N) is 1. The molecule has 2 N–H and O–H groups in total. The summed E-state index contributed by atoms with van der Waals surface area (Å²) in [6.07, 6.45) is 0. The first kappa shape index (κ1) is 8.68. The smallest absolute Gasteiger partial charge is 0 e. The van der Waals surface area contributed by atoms with Gasteiger partial charge < -0.3 is 5.73 Å². The van der Waals surface area contributed by atoms with Gasteiger partial charge >= 0.3 is 0 Å². The molecule has 1 aromatic carbocycles. The van der Waals surface area contributed by atoms with Gasteiger partial charge in [0.05, 0.1) is 0 Å². The standard InChI is InChI=1S/C7H8N.Re/c1-6-2-4-7(8)5-3-6;/h2-4H,8H2,1H3;/q-1;. The second-order valence-electron chi connectivity index (χ2n) is 1.82. The molecule has 2 heteroatoms. The predicted molar refractivity (Wildman–Crippen MR) is 34.4 cm³/mol. The van der Waals surface area contributed by atoms with Gasteiger partial charge in [0.2, 0.25) is 0 Å². The molecule has 1 radical (unpaired) electrons. The van der Waals surface area contributed by atoms with Crippen LogP contribution in [0.5, 0.6) is 0 Å². The van der Waals surface area contributed by atoms with Gasteiger partial charge in [-0.3, -0.25) is 0 Å². The molecule has 0 heterocycles. The molecular formula is C7H8NRe-. The molecule has 0 amide bonds. The van der Waals surface area contributed by atoms with Gasteiger partial charge in [-0.2, -0.15) is 23.8 Å². The van der Waals surface area contributed by atoms with E-state index in [-0.39, 0.29) is 20.4 Å². The number of hydrogen-bond acceptors (Lipinski definition) is 1. The topological polar surface area (TPSA) is 26.0 Å². The quantitative estimate of drug-likeness (QED) is 0.567. The molecule has 0 atom stereocenters. The monoisotopic (exact) mass is 293 g/mol. The maximum atomic E-state index is 5.37. The van der Waals surface area contributed by atoms with Crippen molar-refractivity contribution in [2.45, 2.75) is 6.92 Å². The molecule has 1 nitrogen and oxygen atoms in total. The summed E-state index contributed by atoms with van der Waals surface area (Å²) < 4.78 is 0. The second kappa shape index (κ2) is 3.66. The Morgan fingerprint density at radius 2 is 2.11 bits per heavy atom. The van der Waals surface area contributed by atoms with E-state index in [1.165, 1.54) is 5.56 Å². The summed E-state index contributed by atoms with van der Waals surface area (Å²) in [6, 6.07) is 8.55. The van der Waals surface area contributed by atoms with Crippen molar-refractivity contribution in [2.75, 3.05) is 5.73 Å². The fourth-order valence-electron chi connectivity index (χ4n) is 0.515. The molecule has 0 bridgehead atoms. The molecule has 9 heavy (non-hydrogen) atoms. The van der Waals surface area contributed by atoms with E-state index >= 15 is 0 Å². The van der Waals surface area contributed by atoms with Crippen LogP contribution in [0.1, 0.15) is 5.56 Å². The van der Waals surface area contributed by atoms with Crippen LogP contribution in [0, 0.1) is 13.0 Å². The summed E-state index contributed by atoms with van der Waals surface area (Å²) in [5.74, 6) is 0. The summed E-state index contributed by atoms with van der Waals surface area (Å²) in [6.45, 7) is 2.01. The summed E-state index contributed by atoms with van der Waals surface area (Å²) in [7, 11) is 0. The Labute approximate surface area is 68.9 Å². The van der Waals surface area contributed by atoms with E-state index in [2.05, 4.69) is 6.07 Å². The Kier molecular flexibility index (Phi) is 3.53. The average Bonchev–Trinajstić information content (AvgIpc) is 1.77. The zero-order valence-corrected chi connectivity index (χ0v) is 7.90. The van der Waals surface area contributed by atoms with Crippen LogP contribution in [0.25, 0.3) is 0 Å². The maximum Gasteiger partial charge on any atom is 0 e. The third kappa shape index (κ3) is 2.65. The normalized spacial score (nSPS) is 8.11. The molecule has 0 fully saturated rings. The van der Waals surface area contributed by atoms with E-state index in [4.69, 9.17) is 5.73 Å². The maximum absolute atomic E-state index is 5.37. The first-order chi connectivity index (χ1) is 3.79. The SMILES string of the molecule is Cc1c[c-]c(N)cc1.[Re]. The van der Waals surface area contributed by atoms with Crippen LogP contribution in [0.4, 0.5) is 5.69 Å². The summed E-state index contributed by atoms with van der Waals surface area (Å²) in [4.78, 5) is 0. The van der Waals surface area contributed by atoms with Crippen molar-refractivity contribution in [1.82, 2.24) is 0 Å². The van der Waals surface area contributed by atoms with Gasteiger partial charge in [0, 0.05) is 20.4 Å². The molecule has 0 saturated heterocycles. The van der Waals surface area contributed by atoms with E-state index in [1.807, 2.05) is 25.1 Å². The minimum Gasteiger partial charge on any atom is -0.420 e. The molecule has 0 unspecified atom stereocenters. The fourth-order valence-corrected chi connectivity index (χ4v) is 0.515. The number of benzene rings is 1. The molecule has 0 aliphatic rings. The number of rotatable bonds is 0. The van der Waals surface area contributed by atoms with E-state index in [0.29, 0.717) is 5.69 Å². The Morgan fingerprint density at radius 3 is 2.44 bits per heavy atom. The van der Waals surface area contributed by atoms with Crippen LogP contribution in [0.3, 0.4) is 0 Å². The van der Waals surface area contributed by atoms with Crippen molar-refractivity contribution in [3.8, 4) is 0 Å². The van der Waals surface area contributed by atoms with Crippen molar-refractivity contribution in [1.29, 1.82) is 0 Å². The van der Waals surface area contributed by atoms with Crippen LogP contribution in [-0.2, 0) is 20.4 Å². The van der Waals surface area contributed by atoms with Gasteiger partial charge in [-0.05, 0) is 0 Å². The third-order valence-corrected chi connectivity index (χ3v) is 0.992. The Hall–Kier alpha value is -0.318. The summed E-state index contributed by atoms with van der Waals surface area (Å²) >= 11 is 0.